The number of pyridine rings is 1. The number of hydrogen-bond acceptors (Lipinski definition) is 5. The van der Waals surface area contributed by atoms with Gasteiger partial charge >= 0.3 is 6.18 Å². The summed E-state index contributed by atoms with van der Waals surface area (Å²) in [6.07, 6.45) is -1.37. The molecule has 178 valence electrons. The second-order valence-electron chi connectivity index (χ2n) is 8.51. The van der Waals surface area contributed by atoms with E-state index in [1.54, 1.807) is 13.3 Å². The van der Waals surface area contributed by atoms with Crippen LogP contribution in [0.25, 0.3) is 10.9 Å². The van der Waals surface area contributed by atoms with Gasteiger partial charge in [-0.1, -0.05) is 13.8 Å². The van der Waals surface area contributed by atoms with Crippen LogP contribution in [0.5, 0.6) is 5.75 Å². The van der Waals surface area contributed by atoms with Gasteiger partial charge in [0.25, 0.3) is 0 Å². The fraction of sp³-hybridized carbons (Fsp3) is 0.609. The van der Waals surface area contributed by atoms with E-state index >= 15 is 0 Å². The zero-order valence-corrected chi connectivity index (χ0v) is 21.5. The Morgan fingerprint density at radius 3 is 2.75 bits per heavy atom. The monoisotopic (exact) mass is 582 g/mol. The van der Waals surface area contributed by atoms with Gasteiger partial charge in [0.05, 0.1) is 21.8 Å². The molecule has 2 heterocycles. The molecule has 1 unspecified atom stereocenters. The quantitative estimate of drug-likeness (QED) is 0.228. The number of aromatic nitrogens is 1. The van der Waals surface area contributed by atoms with Crippen LogP contribution in [0.3, 0.4) is 0 Å². The molecule has 1 saturated heterocycles. The Labute approximate surface area is 204 Å². The highest BCUT2D eigenvalue weighted by Crippen LogP contribution is 2.40. The molecule has 9 heteroatoms. The fourth-order valence-corrected chi connectivity index (χ4v) is 5.73. The molecule has 1 aromatic heterocycles. The molecule has 0 radical (unpaired) electrons. The summed E-state index contributed by atoms with van der Waals surface area (Å²) in [5.41, 5.74) is 1.89. The summed E-state index contributed by atoms with van der Waals surface area (Å²) < 4.78 is 50.2. The van der Waals surface area contributed by atoms with Crippen molar-refractivity contribution >= 4 is 41.3 Å². The number of likely N-dealkylation sites (tertiary alicyclic amines) is 1. The summed E-state index contributed by atoms with van der Waals surface area (Å²) in [6.45, 7) is 5.72. The molecule has 0 bridgehead atoms. The number of benzene rings is 1. The molecule has 0 aliphatic carbocycles. The van der Waals surface area contributed by atoms with Crippen molar-refractivity contribution < 1.29 is 22.1 Å². The van der Waals surface area contributed by atoms with Crippen LogP contribution >= 0.6 is 30.4 Å². The van der Waals surface area contributed by atoms with Gasteiger partial charge in [-0.2, -0.15) is 13.2 Å². The van der Waals surface area contributed by atoms with E-state index in [0.29, 0.717) is 6.54 Å². The van der Waals surface area contributed by atoms with Gasteiger partial charge in [-0.15, -0.1) is 0 Å². The van der Waals surface area contributed by atoms with Crippen molar-refractivity contribution in [2.24, 2.45) is 11.8 Å². The van der Waals surface area contributed by atoms with Gasteiger partial charge in [-0.05, 0) is 67.5 Å². The molecule has 0 spiro atoms. The Hall–Kier alpha value is -0.780. The van der Waals surface area contributed by atoms with E-state index in [4.69, 9.17) is 8.92 Å². The van der Waals surface area contributed by atoms with Crippen molar-refractivity contribution in [1.29, 1.82) is 0 Å². The number of methoxy groups -OCH3 is 1. The number of piperidine rings is 1. The van der Waals surface area contributed by atoms with Crippen molar-refractivity contribution in [1.82, 2.24) is 9.88 Å². The number of ether oxygens (including phenoxy) is 1. The van der Waals surface area contributed by atoms with Gasteiger partial charge in [0, 0.05) is 51.8 Å². The highest BCUT2D eigenvalue weighted by atomic mass is 127. The maximum absolute atomic E-state index is 12.9. The molecule has 1 aromatic carbocycles. The highest BCUT2D eigenvalue weighted by molar-refractivity contribution is 14.2. The lowest BCUT2D eigenvalue weighted by molar-refractivity contribution is -0.140. The molecular formula is C23H30F3IN2O2S. The van der Waals surface area contributed by atoms with Gasteiger partial charge in [0.2, 0.25) is 0 Å². The minimum Gasteiger partial charge on any atom is -0.497 e. The largest absolute Gasteiger partial charge is 0.497 e. The van der Waals surface area contributed by atoms with E-state index in [9.17, 15) is 13.2 Å². The minimum absolute atomic E-state index is 0.0293. The predicted octanol–water partition coefficient (Wildman–Crippen LogP) is 7.38. The Balaban J connectivity index is 1.90. The van der Waals surface area contributed by atoms with Gasteiger partial charge in [0.15, 0.2) is 0 Å². The number of hydrogen-bond donors (Lipinski definition) is 0. The second-order valence-corrected chi connectivity index (χ2v) is 9.91. The number of nitrogens with zero attached hydrogens (tertiary/aromatic N) is 2. The average Bonchev–Trinajstić information content (AvgIpc) is 2.77. The Morgan fingerprint density at radius 1 is 1.31 bits per heavy atom. The second kappa shape index (κ2) is 11.6. The molecule has 4 atom stereocenters. The zero-order chi connectivity index (χ0) is 23.3. The summed E-state index contributed by atoms with van der Waals surface area (Å²) in [5.74, 6) is 1.07. The molecule has 2 aromatic rings. The Morgan fingerprint density at radius 2 is 2.09 bits per heavy atom. The lowest BCUT2D eigenvalue weighted by atomic mass is 9.82. The van der Waals surface area contributed by atoms with Gasteiger partial charge in [-0.25, -0.2) is 0 Å². The van der Waals surface area contributed by atoms with Crippen molar-refractivity contribution in [3.8, 4) is 5.75 Å². The molecule has 1 aliphatic heterocycles. The summed E-state index contributed by atoms with van der Waals surface area (Å²) in [6, 6.07) is 7.83. The van der Waals surface area contributed by atoms with Crippen molar-refractivity contribution in [2.75, 3.05) is 20.2 Å². The third-order valence-electron chi connectivity index (χ3n) is 6.61. The van der Waals surface area contributed by atoms with Crippen molar-refractivity contribution in [3.05, 3.63) is 36.0 Å². The van der Waals surface area contributed by atoms with Gasteiger partial charge in [0.1, 0.15) is 11.9 Å². The van der Waals surface area contributed by atoms with Crippen LogP contribution in [0.4, 0.5) is 13.2 Å². The van der Waals surface area contributed by atoms with E-state index in [2.05, 4.69) is 44.9 Å². The van der Waals surface area contributed by atoms with Gasteiger partial charge < -0.3 is 4.74 Å². The first-order valence-electron chi connectivity index (χ1n) is 10.9. The molecule has 32 heavy (non-hydrogen) atoms. The first-order valence-corrected chi connectivity index (χ1v) is 14.2. The maximum Gasteiger partial charge on any atom is 0.389 e. The fourth-order valence-electron chi connectivity index (χ4n) is 4.75. The third kappa shape index (κ3) is 6.42. The van der Waals surface area contributed by atoms with E-state index < -0.39 is 12.6 Å². The maximum atomic E-state index is 12.9. The third-order valence-corrected chi connectivity index (χ3v) is 7.51. The van der Waals surface area contributed by atoms with Crippen molar-refractivity contribution in [3.63, 3.8) is 0 Å². The summed E-state index contributed by atoms with van der Waals surface area (Å²) in [7, 11) is 2.92. The van der Waals surface area contributed by atoms with E-state index in [-0.39, 0.29) is 30.4 Å². The molecule has 1 aliphatic rings. The van der Waals surface area contributed by atoms with Crippen LogP contribution in [0.15, 0.2) is 30.5 Å². The van der Waals surface area contributed by atoms with Crippen LogP contribution < -0.4 is 4.74 Å². The number of fused-ring (bicyclic) bond motifs is 1. The lowest BCUT2D eigenvalue weighted by Crippen LogP contribution is -2.48. The van der Waals surface area contributed by atoms with Crippen LogP contribution in [-0.2, 0) is 4.18 Å². The van der Waals surface area contributed by atoms with E-state index in [1.165, 1.54) is 9.21 Å². The molecule has 3 rings (SSSR count). The van der Waals surface area contributed by atoms with Crippen LogP contribution in [0.2, 0.25) is 0 Å². The first-order chi connectivity index (χ1) is 15.3. The topological polar surface area (TPSA) is 34.6 Å². The molecule has 0 amide bonds. The average molecular weight is 582 g/mol. The number of halogens is 4. The summed E-state index contributed by atoms with van der Waals surface area (Å²) >= 11 is 2.13. The molecule has 1 fully saturated rings. The normalized spacial score (nSPS) is 22.1. The SMILES string of the molecule is CC[C@@H]([C@H](OSI)c1ccnc2ccc(OC)cc12)N1CCC(C)[C@@H](CCC(F)(F)F)C1. The van der Waals surface area contributed by atoms with E-state index in [1.807, 2.05) is 24.3 Å². The molecule has 0 N–H and O–H groups in total. The lowest BCUT2D eigenvalue weighted by Gasteiger charge is -2.43. The number of alkyl halides is 3. The molecule has 0 saturated carbocycles. The molecule has 4 nitrogen and oxygen atoms in total. The van der Waals surface area contributed by atoms with Crippen LogP contribution in [0, 0.1) is 11.8 Å². The number of rotatable bonds is 9. The minimum atomic E-state index is -4.11. The van der Waals surface area contributed by atoms with Gasteiger partial charge in [-0.3, -0.25) is 14.1 Å². The Bertz CT molecular complexity index is 886. The van der Waals surface area contributed by atoms with E-state index in [0.717, 1.165) is 41.6 Å². The zero-order valence-electron chi connectivity index (χ0n) is 18.6. The standard InChI is InChI=1S/C23H30F3IN2O2S/c1-4-21(29-12-9-15(2)16(14-29)7-10-23(24,25)26)22(31-32-27)18-8-11-28-20-6-5-17(30-3)13-19(18)20/h5-6,8,11,13,15-16,21-22H,4,7,9-10,12,14H2,1-3H3/t15?,16-,21-,22+/m0/s1. The van der Waals surface area contributed by atoms with Crippen LogP contribution in [-0.4, -0.2) is 42.3 Å². The highest BCUT2D eigenvalue weighted by Gasteiger charge is 2.37. The van der Waals surface area contributed by atoms with Crippen molar-refractivity contribution in [2.45, 2.75) is 57.9 Å². The smallest absolute Gasteiger partial charge is 0.389 e. The van der Waals surface area contributed by atoms with Crippen LogP contribution in [0.1, 0.15) is 51.2 Å². The summed E-state index contributed by atoms with van der Waals surface area (Å²) in [5, 5.41) is 0.972. The molecular weight excluding hydrogens is 552 g/mol. The Kier molecular flexibility index (Phi) is 9.34. The predicted molar refractivity (Wildman–Crippen MR) is 132 cm³/mol. The first kappa shape index (κ1) is 25.8. The summed E-state index contributed by atoms with van der Waals surface area (Å²) in [4.78, 5) is 6.83.